The maximum absolute atomic E-state index is 14.4. The lowest BCUT2D eigenvalue weighted by atomic mass is 10.1. The fourth-order valence-electron chi connectivity index (χ4n) is 3.74. The summed E-state index contributed by atoms with van der Waals surface area (Å²) >= 11 is 0. The molecule has 0 saturated carbocycles. The van der Waals surface area contributed by atoms with Crippen molar-refractivity contribution in [3.05, 3.63) is 53.1 Å². The lowest BCUT2D eigenvalue weighted by Gasteiger charge is -2.36. The summed E-state index contributed by atoms with van der Waals surface area (Å²) in [6.07, 6.45) is 1.58. The van der Waals surface area contributed by atoms with Gasteiger partial charge in [-0.15, -0.1) is 0 Å². The third-order valence-corrected chi connectivity index (χ3v) is 5.37. The van der Waals surface area contributed by atoms with Gasteiger partial charge in [0.25, 0.3) is 5.91 Å². The monoisotopic (exact) mass is 395 g/mol. The number of aryl methyl sites for hydroxylation is 2. The molecule has 1 aliphatic rings. The van der Waals surface area contributed by atoms with Crippen LogP contribution in [-0.4, -0.2) is 57.5 Å². The molecule has 2 aromatic heterocycles. The molecule has 0 bridgehead atoms. The standard InChI is InChI=1S/C21H22FN5O2/c1-13-17-10-16(12-23-20(17)25(3)24-13)21(29)27-8-6-26(7-9-27)19-5-4-15(14(2)28)11-18(19)22/h4-5,10-12H,6-9H2,1-3H3. The highest BCUT2D eigenvalue weighted by molar-refractivity contribution is 5.97. The van der Waals surface area contributed by atoms with E-state index in [1.807, 2.05) is 24.9 Å². The molecule has 1 fully saturated rings. The number of benzene rings is 1. The zero-order valence-electron chi connectivity index (χ0n) is 16.6. The van der Waals surface area contributed by atoms with Gasteiger partial charge in [-0.25, -0.2) is 9.37 Å². The van der Waals surface area contributed by atoms with Gasteiger partial charge >= 0.3 is 0 Å². The van der Waals surface area contributed by atoms with Crippen molar-refractivity contribution in [3.8, 4) is 0 Å². The third kappa shape index (κ3) is 3.46. The second-order valence-electron chi connectivity index (χ2n) is 7.31. The Kier molecular flexibility index (Phi) is 4.77. The number of rotatable bonds is 3. The second-order valence-corrected chi connectivity index (χ2v) is 7.31. The van der Waals surface area contributed by atoms with Crippen molar-refractivity contribution in [1.29, 1.82) is 0 Å². The summed E-state index contributed by atoms with van der Waals surface area (Å²) in [4.78, 5) is 32.4. The number of pyridine rings is 1. The molecule has 4 rings (SSSR count). The summed E-state index contributed by atoms with van der Waals surface area (Å²) in [7, 11) is 1.82. The van der Waals surface area contributed by atoms with Crippen LogP contribution < -0.4 is 4.90 Å². The first-order valence-corrected chi connectivity index (χ1v) is 9.49. The van der Waals surface area contributed by atoms with E-state index in [4.69, 9.17) is 0 Å². The molecule has 7 nitrogen and oxygen atoms in total. The summed E-state index contributed by atoms with van der Waals surface area (Å²) in [5, 5.41) is 5.20. The molecule has 3 aromatic rings. The third-order valence-electron chi connectivity index (χ3n) is 5.37. The van der Waals surface area contributed by atoms with E-state index in [1.54, 1.807) is 27.9 Å². The van der Waals surface area contributed by atoms with Crippen molar-refractivity contribution in [2.75, 3.05) is 31.1 Å². The zero-order valence-corrected chi connectivity index (χ0v) is 16.6. The number of ketones is 1. The maximum atomic E-state index is 14.4. The smallest absolute Gasteiger partial charge is 0.255 e. The molecule has 0 aliphatic carbocycles. The molecule has 1 amide bonds. The van der Waals surface area contributed by atoms with E-state index in [1.165, 1.54) is 13.0 Å². The van der Waals surface area contributed by atoms with Crippen molar-refractivity contribution < 1.29 is 14.0 Å². The lowest BCUT2D eigenvalue weighted by Crippen LogP contribution is -2.49. The van der Waals surface area contributed by atoms with E-state index in [-0.39, 0.29) is 11.7 Å². The molecule has 8 heteroatoms. The van der Waals surface area contributed by atoms with Gasteiger partial charge in [-0.1, -0.05) is 0 Å². The number of Topliss-reactive ketones (excluding diaryl/α,β-unsaturated/α-hetero) is 1. The number of nitrogens with zero attached hydrogens (tertiary/aromatic N) is 5. The Labute approximate surface area is 167 Å². The van der Waals surface area contributed by atoms with Crippen LogP contribution in [0.5, 0.6) is 0 Å². The Morgan fingerprint density at radius 3 is 2.45 bits per heavy atom. The van der Waals surface area contributed by atoms with E-state index in [0.717, 1.165) is 16.7 Å². The fraction of sp³-hybridized carbons (Fsp3) is 0.333. The molecule has 3 heterocycles. The number of amides is 1. The molecular formula is C21H22FN5O2. The van der Waals surface area contributed by atoms with Crippen molar-refractivity contribution >= 4 is 28.4 Å². The highest BCUT2D eigenvalue weighted by atomic mass is 19.1. The fourth-order valence-corrected chi connectivity index (χ4v) is 3.74. The average molecular weight is 395 g/mol. The summed E-state index contributed by atoms with van der Waals surface area (Å²) in [6.45, 7) is 5.31. The summed E-state index contributed by atoms with van der Waals surface area (Å²) in [5.41, 5.74) is 2.91. The van der Waals surface area contributed by atoms with E-state index < -0.39 is 5.82 Å². The van der Waals surface area contributed by atoms with Gasteiger partial charge in [0.15, 0.2) is 11.4 Å². The molecule has 1 aromatic carbocycles. The zero-order chi connectivity index (χ0) is 20.7. The molecule has 0 spiro atoms. The maximum Gasteiger partial charge on any atom is 0.255 e. The van der Waals surface area contributed by atoms with Gasteiger partial charge in [-0.05, 0) is 38.1 Å². The molecule has 1 aliphatic heterocycles. The number of carbonyl (C=O) groups is 2. The highest BCUT2D eigenvalue weighted by Crippen LogP contribution is 2.23. The normalized spacial score (nSPS) is 14.5. The highest BCUT2D eigenvalue weighted by Gasteiger charge is 2.24. The minimum Gasteiger partial charge on any atom is -0.366 e. The SMILES string of the molecule is CC(=O)c1ccc(N2CCN(C(=O)c3cnc4c(c3)c(C)nn4C)CC2)c(F)c1. The summed E-state index contributed by atoms with van der Waals surface area (Å²) in [6, 6.07) is 6.37. The number of aromatic nitrogens is 3. The first-order valence-electron chi connectivity index (χ1n) is 9.49. The van der Waals surface area contributed by atoms with Gasteiger partial charge in [-0.3, -0.25) is 14.3 Å². The van der Waals surface area contributed by atoms with Crippen LogP contribution in [0.3, 0.4) is 0 Å². The Balaban J connectivity index is 1.47. The predicted molar refractivity (Wildman–Crippen MR) is 108 cm³/mol. The molecule has 0 N–H and O–H groups in total. The van der Waals surface area contributed by atoms with E-state index in [0.29, 0.717) is 43.0 Å². The molecule has 150 valence electrons. The lowest BCUT2D eigenvalue weighted by molar-refractivity contribution is 0.0746. The largest absolute Gasteiger partial charge is 0.366 e. The van der Waals surface area contributed by atoms with E-state index >= 15 is 0 Å². The summed E-state index contributed by atoms with van der Waals surface area (Å²) in [5.74, 6) is -0.672. The molecular weight excluding hydrogens is 373 g/mol. The van der Waals surface area contributed by atoms with Crippen molar-refractivity contribution in [3.63, 3.8) is 0 Å². The molecule has 0 atom stereocenters. The second kappa shape index (κ2) is 7.27. The Morgan fingerprint density at radius 1 is 1.07 bits per heavy atom. The number of anilines is 1. The van der Waals surface area contributed by atoms with Gasteiger partial charge in [0.05, 0.1) is 16.9 Å². The number of hydrogen-bond acceptors (Lipinski definition) is 5. The topological polar surface area (TPSA) is 71.3 Å². The Hall–Kier alpha value is -3.29. The van der Waals surface area contributed by atoms with Crippen LogP contribution in [0.25, 0.3) is 11.0 Å². The van der Waals surface area contributed by atoms with Gasteiger partial charge in [-0.2, -0.15) is 5.10 Å². The molecule has 1 saturated heterocycles. The van der Waals surface area contributed by atoms with Crippen LogP contribution in [0.4, 0.5) is 10.1 Å². The summed E-state index contributed by atoms with van der Waals surface area (Å²) < 4.78 is 16.1. The van der Waals surface area contributed by atoms with Crippen LogP contribution >= 0.6 is 0 Å². The minimum atomic E-state index is -0.417. The number of piperazine rings is 1. The molecule has 0 unspecified atom stereocenters. The van der Waals surface area contributed by atoms with Crippen molar-refractivity contribution in [1.82, 2.24) is 19.7 Å². The van der Waals surface area contributed by atoms with E-state index in [9.17, 15) is 14.0 Å². The first-order chi connectivity index (χ1) is 13.8. The minimum absolute atomic E-state index is 0.0882. The number of halogens is 1. The van der Waals surface area contributed by atoms with E-state index in [2.05, 4.69) is 10.1 Å². The average Bonchev–Trinajstić information content (AvgIpc) is 3.00. The van der Waals surface area contributed by atoms with Crippen molar-refractivity contribution in [2.24, 2.45) is 7.05 Å². The number of fused-ring (bicyclic) bond motifs is 1. The van der Waals surface area contributed by atoms with Crippen LogP contribution in [0.2, 0.25) is 0 Å². The first kappa shape index (κ1) is 19.0. The van der Waals surface area contributed by atoms with Crippen molar-refractivity contribution in [2.45, 2.75) is 13.8 Å². The van der Waals surface area contributed by atoms with Crippen LogP contribution in [0.15, 0.2) is 30.5 Å². The van der Waals surface area contributed by atoms with Gasteiger partial charge in [0.1, 0.15) is 5.82 Å². The Morgan fingerprint density at radius 2 is 1.79 bits per heavy atom. The van der Waals surface area contributed by atoms with Crippen LogP contribution in [0, 0.1) is 12.7 Å². The predicted octanol–water partition coefficient (Wildman–Crippen LogP) is 2.58. The molecule has 0 radical (unpaired) electrons. The Bertz CT molecular complexity index is 1120. The van der Waals surface area contributed by atoms with Gasteiger partial charge < -0.3 is 9.80 Å². The van der Waals surface area contributed by atoms with Gasteiger partial charge in [0, 0.05) is 50.4 Å². The van der Waals surface area contributed by atoms with Gasteiger partial charge in [0.2, 0.25) is 0 Å². The molecule has 29 heavy (non-hydrogen) atoms. The quantitative estimate of drug-likeness (QED) is 0.638. The number of hydrogen-bond donors (Lipinski definition) is 0. The van der Waals surface area contributed by atoms with Crippen LogP contribution in [0.1, 0.15) is 33.3 Å². The van der Waals surface area contributed by atoms with Crippen LogP contribution in [-0.2, 0) is 7.05 Å². The number of carbonyl (C=O) groups excluding carboxylic acids is 2.